The molecule has 0 heterocycles. The molecule has 5 heteroatoms. The molecule has 1 atom stereocenters. The van der Waals surface area contributed by atoms with E-state index in [-0.39, 0.29) is 0 Å². The second-order valence-corrected chi connectivity index (χ2v) is 4.99. The summed E-state index contributed by atoms with van der Waals surface area (Å²) < 4.78 is 5.28. The van der Waals surface area contributed by atoms with Crippen LogP contribution in [0.2, 0.25) is 0 Å². The highest BCUT2D eigenvalue weighted by atomic mass is 16.5. The minimum atomic E-state index is 0.312. The molecule has 0 aromatic heterocycles. The Morgan fingerprint density at radius 3 is 2.76 bits per heavy atom. The Hall–Kier alpha value is -1.59. The van der Waals surface area contributed by atoms with Gasteiger partial charge in [0.15, 0.2) is 0 Å². The summed E-state index contributed by atoms with van der Waals surface area (Å²) in [4.78, 5) is 4.40. The minimum Gasteiger partial charge on any atom is -0.382 e. The van der Waals surface area contributed by atoms with Crippen molar-refractivity contribution in [1.29, 1.82) is 0 Å². The van der Waals surface area contributed by atoms with E-state index in [1.54, 1.807) is 0 Å². The number of benzene rings is 1. The fourth-order valence-corrected chi connectivity index (χ4v) is 1.97. The first-order chi connectivity index (χ1) is 10.3. The van der Waals surface area contributed by atoms with E-state index in [0.29, 0.717) is 18.5 Å². The lowest BCUT2D eigenvalue weighted by molar-refractivity contribution is 0.146. The molecule has 0 saturated heterocycles. The van der Waals surface area contributed by atoms with Crippen LogP contribution in [0.3, 0.4) is 0 Å². The van der Waals surface area contributed by atoms with Gasteiger partial charge in [0.1, 0.15) is 0 Å². The molecule has 0 aliphatic heterocycles. The lowest BCUT2D eigenvalue weighted by atomic mass is 10.1. The van der Waals surface area contributed by atoms with Crippen LogP contribution in [0.5, 0.6) is 0 Å². The third kappa shape index (κ3) is 8.32. The SMILES string of the molecule is CCOCCCN=C(NN)NC(C)CCc1ccccc1. The van der Waals surface area contributed by atoms with E-state index in [0.717, 1.165) is 32.5 Å². The zero-order chi connectivity index (χ0) is 15.3. The molecular formula is C16H28N4O. The molecule has 118 valence electrons. The van der Waals surface area contributed by atoms with Crippen LogP contribution in [-0.4, -0.2) is 31.8 Å². The number of ether oxygens (including phenoxy) is 1. The Kier molecular flexibility index (Phi) is 9.24. The zero-order valence-electron chi connectivity index (χ0n) is 13.1. The Bertz CT molecular complexity index is 395. The van der Waals surface area contributed by atoms with Gasteiger partial charge in [-0.15, -0.1) is 0 Å². The smallest absolute Gasteiger partial charge is 0.205 e. The molecule has 1 unspecified atom stereocenters. The lowest BCUT2D eigenvalue weighted by Crippen LogP contribution is -2.45. The van der Waals surface area contributed by atoms with Crippen molar-refractivity contribution in [1.82, 2.24) is 10.7 Å². The van der Waals surface area contributed by atoms with Crippen molar-refractivity contribution >= 4 is 5.96 Å². The van der Waals surface area contributed by atoms with Gasteiger partial charge in [0.2, 0.25) is 5.96 Å². The van der Waals surface area contributed by atoms with E-state index in [4.69, 9.17) is 10.6 Å². The highest BCUT2D eigenvalue weighted by Gasteiger charge is 2.04. The molecule has 4 N–H and O–H groups in total. The summed E-state index contributed by atoms with van der Waals surface area (Å²) >= 11 is 0. The normalized spacial score (nSPS) is 13.0. The fraction of sp³-hybridized carbons (Fsp3) is 0.562. The summed E-state index contributed by atoms with van der Waals surface area (Å²) in [7, 11) is 0. The number of nitrogens with one attached hydrogen (secondary N) is 2. The molecule has 1 rings (SSSR count). The molecule has 0 aliphatic rings. The van der Waals surface area contributed by atoms with Crippen molar-refractivity contribution in [3.63, 3.8) is 0 Å². The summed E-state index contributed by atoms with van der Waals surface area (Å²) in [6.07, 6.45) is 2.97. The average Bonchev–Trinajstić information content (AvgIpc) is 2.52. The third-order valence-corrected chi connectivity index (χ3v) is 3.15. The molecule has 21 heavy (non-hydrogen) atoms. The summed E-state index contributed by atoms with van der Waals surface area (Å²) in [5, 5.41) is 3.30. The lowest BCUT2D eigenvalue weighted by Gasteiger charge is -2.16. The number of rotatable bonds is 9. The van der Waals surface area contributed by atoms with Gasteiger partial charge in [0.05, 0.1) is 0 Å². The highest BCUT2D eigenvalue weighted by molar-refractivity contribution is 5.79. The maximum atomic E-state index is 5.49. The standard InChI is InChI=1S/C16H28N4O/c1-3-21-13-7-12-18-16(20-17)19-14(2)10-11-15-8-5-4-6-9-15/h4-6,8-9,14H,3,7,10-13,17H2,1-2H3,(H2,18,19,20). The number of nitrogens with two attached hydrogens (primary N) is 1. The van der Waals surface area contributed by atoms with Crippen molar-refractivity contribution in [3.8, 4) is 0 Å². The molecule has 1 aromatic carbocycles. The van der Waals surface area contributed by atoms with Crippen molar-refractivity contribution in [2.24, 2.45) is 10.8 Å². The number of hydrazine groups is 1. The second-order valence-electron chi connectivity index (χ2n) is 4.99. The topological polar surface area (TPSA) is 71.7 Å². The Morgan fingerprint density at radius 2 is 2.10 bits per heavy atom. The van der Waals surface area contributed by atoms with Gasteiger partial charge in [0, 0.05) is 25.8 Å². The summed E-state index contributed by atoms with van der Waals surface area (Å²) in [5.41, 5.74) is 3.97. The van der Waals surface area contributed by atoms with Gasteiger partial charge in [-0.25, -0.2) is 5.84 Å². The number of aliphatic imine (C=N–C) groups is 1. The van der Waals surface area contributed by atoms with Crippen LogP contribution in [0.15, 0.2) is 35.3 Å². The predicted molar refractivity (Wildman–Crippen MR) is 88.1 cm³/mol. The first-order valence-electron chi connectivity index (χ1n) is 7.65. The van der Waals surface area contributed by atoms with E-state index >= 15 is 0 Å². The fourth-order valence-electron chi connectivity index (χ4n) is 1.97. The van der Waals surface area contributed by atoms with Gasteiger partial charge in [-0.2, -0.15) is 0 Å². The largest absolute Gasteiger partial charge is 0.382 e. The van der Waals surface area contributed by atoms with Crippen molar-refractivity contribution in [2.75, 3.05) is 19.8 Å². The molecule has 0 amide bonds. The van der Waals surface area contributed by atoms with E-state index in [1.165, 1.54) is 5.56 Å². The molecule has 5 nitrogen and oxygen atoms in total. The van der Waals surface area contributed by atoms with Crippen LogP contribution in [0, 0.1) is 0 Å². The highest BCUT2D eigenvalue weighted by Crippen LogP contribution is 2.04. The average molecular weight is 292 g/mol. The van der Waals surface area contributed by atoms with E-state index < -0.39 is 0 Å². The molecular weight excluding hydrogens is 264 g/mol. The number of hydrogen-bond donors (Lipinski definition) is 3. The predicted octanol–water partition coefficient (Wildman–Crippen LogP) is 1.84. The van der Waals surface area contributed by atoms with Gasteiger partial charge in [0.25, 0.3) is 0 Å². The van der Waals surface area contributed by atoms with Gasteiger partial charge in [-0.1, -0.05) is 30.3 Å². The van der Waals surface area contributed by atoms with Gasteiger partial charge in [-0.3, -0.25) is 10.4 Å². The Balaban J connectivity index is 2.26. The van der Waals surface area contributed by atoms with Crippen molar-refractivity contribution in [2.45, 2.75) is 39.2 Å². The van der Waals surface area contributed by atoms with Gasteiger partial charge >= 0.3 is 0 Å². The minimum absolute atomic E-state index is 0.312. The molecule has 0 aliphatic carbocycles. The molecule has 0 fully saturated rings. The van der Waals surface area contributed by atoms with Crippen LogP contribution in [0.4, 0.5) is 0 Å². The van der Waals surface area contributed by atoms with E-state index in [1.807, 2.05) is 13.0 Å². The molecule has 1 aromatic rings. The number of hydrogen-bond acceptors (Lipinski definition) is 3. The maximum Gasteiger partial charge on any atom is 0.205 e. The summed E-state index contributed by atoms with van der Waals surface area (Å²) in [6, 6.07) is 10.8. The van der Waals surface area contributed by atoms with Crippen LogP contribution in [-0.2, 0) is 11.2 Å². The zero-order valence-corrected chi connectivity index (χ0v) is 13.1. The molecule has 0 bridgehead atoms. The molecule has 0 radical (unpaired) electrons. The van der Waals surface area contributed by atoms with Gasteiger partial charge in [-0.05, 0) is 38.7 Å². The van der Waals surface area contributed by atoms with Gasteiger partial charge < -0.3 is 10.1 Å². The number of guanidine groups is 1. The first kappa shape index (κ1) is 17.5. The number of aryl methyl sites for hydroxylation is 1. The Morgan fingerprint density at radius 1 is 1.33 bits per heavy atom. The van der Waals surface area contributed by atoms with Crippen LogP contribution < -0.4 is 16.6 Å². The van der Waals surface area contributed by atoms with E-state index in [9.17, 15) is 0 Å². The van der Waals surface area contributed by atoms with Crippen LogP contribution >= 0.6 is 0 Å². The van der Waals surface area contributed by atoms with Crippen LogP contribution in [0.25, 0.3) is 0 Å². The summed E-state index contributed by atoms with van der Waals surface area (Å²) in [5.74, 6) is 6.14. The van der Waals surface area contributed by atoms with E-state index in [2.05, 4.69) is 46.9 Å². The molecule has 0 saturated carbocycles. The van der Waals surface area contributed by atoms with Crippen molar-refractivity contribution in [3.05, 3.63) is 35.9 Å². The Labute approximate surface area is 127 Å². The number of nitrogens with zero attached hydrogens (tertiary/aromatic N) is 1. The molecule has 0 spiro atoms. The quantitative estimate of drug-likeness (QED) is 0.213. The third-order valence-electron chi connectivity index (χ3n) is 3.15. The van der Waals surface area contributed by atoms with Crippen molar-refractivity contribution < 1.29 is 4.74 Å². The first-order valence-corrected chi connectivity index (χ1v) is 7.65. The monoisotopic (exact) mass is 292 g/mol. The summed E-state index contributed by atoms with van der Waals surface area (Å²) in [6.45, 7) is 6.32. The maximum absolute atomic E-state index is 5.49. The van der Waals surface area contributed by atoms with Crippen LogP contribution in [0.1, 0.15) is 32.3 Å². The second kappa shape index (κ2) is 11.1.